The number of aromatic nitrogens is 1. The SMILES string of the molecule is Cc1ncsc1-c1ccc(CNC(=O)[C@@H]2C[C@@H](O)CN2C(=O)[C@H](C(C)C)N2Cc3ccccc3C2=O)c(N2CCN(CCCc3ccc(C(=O)N[C@H]4C(C)(C)[C@H](Oc5ccc(C#N)c(Cl)c5)C4(C)C)cc3)CC2)c1. The van der Waals surface area contributed by atoms with Crippen molar-refractivity contribution >= 4 is 52.3 Å². The van der Waals surface area contributed by atoms with Gasteiger partial charge in [0.25, 0.3) is 11.8 Å². The van der Waals surface area contributed by atoms with Crippen molar-refractivity contribution in [2.45, 2.75) is 111 Å². The number of aliphatic hydroxyl groups excluding tert-OH is 1. The smallest absolute Gasteiger partial charge is 0.255 e. The summed E-state index contributed by atoms with van der Waals surface area (Å²) in [4.78, 5) is 69.2. The van der Waals surface area contributed by atoms with E-state index < -0.39 is 18.2 Å². The van der Waals surface area contributed by atoms with Crippen molar-refractivity contribution in [3.8, 4) is 22.3 Å². The number of β-amino-alcohol motifs (C(OH)–C–C–N with tert-alkyl or cyclic N) is 1. The molecule has 0 radical (unpaired) electrons. The van der Waals surface area contributed by atoms with Crippen molar-refractivity contribution in [3.05, 3.63) is 135 Å². The van der Waals surface area contributed by atoms with Crippen LogP contribution in [0.1, 0.15) is 103 Å². The van der Waals surface area contributed by atoms with Crippen LogP contribution in [-0.4, -0.2) is 118 Å². The number of nitrogens with zero attached hydrogens (tertiary/aromatic N) is 6. The van der Waals surface area contributed by atoms with Gasteiger partial charge in [-0.1, -0.05) is 95.6 Å². The predicted molar refractivity (Wildman–Crippen MR) is 288 cm³/mol. The summed E-state index contributed by atoms with van der Waals surface area (Å²) in [6, 6.07) is 27.0. The van der Waals surface area contributed by atoms with E-state index in [4.69, 9.17) is 16.3 Å². The van der Waals surface area contributed by atoms with Crippen LogP contribution in [0.5, 0.6) is 5.75 Å². The van der Waals surface area contributed by atoms with Crippen molar-refractivity contribution < 1.29 is 29.0 Å². The van der Waals surface area contributed by atoms with Gasteiger partial charge in [0.1, 0.15) is 30.0 Å². The van der Waals surface area contributed by atoms with Crippen molar-refractivity contribution in [2.75, 3.05) is 44.2 Å². The van der Waals surface area contributed by atoms with Gasteiger partial charge in [-0.2, -0.15) is 5.26 Å². The normalized spacial score (nSPS) is 21.5. The second-order valence-electron chi connectivity index (χ2n) is 21.9. The number of carbonyl (C=O) groups excluding carboxylic acids is 4. The number of nitriles is 1. The third-order valence-corrected chi connectivity index (χ3v) is 17.1. The summed E-state index contributed by atoms with van der Waals surface area (Å²) in [7, 11) is 0. The first-order valence-corrected chi connectivity index (χ1v) is 27.0. The van der Waals surface area contributed by atoms with Crippen LogP contribution in [0.4, 0.5) is 5.69 Å². The average Bonchev–Trinajstić information content (AvgIpc) is 4.10. The van der Waals surface area contributed by atoms with Gasteiger partial charge >= 0.3 is 0 Å². The molecule has 1 aliphatic carbocycles. The number of rotatable bonds is 16. The summed E-state index contributed by atoms with van der Waals surface area (Å²) in [5.74, 6) is -0.599. The molecule has 9 rings (SSSR count). The molecule has 5 aromatic rings. The number of aryl methyl sites for hydroxylation is 2. The zero-order chi connectivity index (χ0) is 52.6. The van der Waals surface area contributed by atoms with Crippen LogP contribution in [0.15, 0.2) is 90.4 Å². The van der Waals surface area contributed by atoms with Gasteiger partial charge in [0.15, 0.2) is 0 Å². The summed E-state index contributed by atoms with van der Waals surface area (Å²) < 4.78 is 6.41. The van der Waals surface area contributed by atoms with Gasteiger partial charge in [0.2, 0.25) is 11.8 Å². The highest BCUT2D eigenvalue weighted by Crippen LogP contribution is 2.55. The molecule has 0 bridgehead atoms. The quantitative estimate of drug-likeness (QED) is 0.0874. The van der Waals surface area contributed by atoms with Crippen LogP contribution >= 0.6 is 22.9 Å². The molecule has 2 saturated heterocycles. The fourth-order valence-corrected chi connectivity index (χ4v) is 13.2. The number of hydrogen-bond acceptors (Lipinski definition) is 11. The van der Waals surface area contributed by atoms with Crippen LogP contribution < -0.4 is 20.3 Å². The predicted octanol–water partition coefficient (Wildman–Crippen LogP) is 8.27. The molecule has 388 valence electrons. The minimum Gasteiger partial charge on any atom is -0.489 e. The summed E-state index contributed by atoms with van der Waals surface area (Å²) in [5, 5.41) is 26.9. The van der Waals surface area contributed by atoms with Gasteiger partial charge in [-0.05, 0) is 90.9 Å². The Morgan fingerprint density at radius 1 is 0.973 bits per heavy atom. The fourth-order valence-electron chi connectivity index (χ4n) is 12.1. The Kier molecular flexibility index (Phi) is 15.3. The number of halogens is 1. The first-order chi connectivity index (χ1) is 35.3. The first kappa shape index (κ1) is 52.5. The van der Waals surface area contributed by atoms with Gasteiger partial charge in [0, 0.05) is 92.0 Å². The number of benzene rings is 4. The highest BCUT2D eigenvalue weighted by Gasteiger charge is 2.64. The van der Waals surface area contributed by atoms with Gasteiger partial charge in [-0.3, -0.25) is 24.1 Å². The number of carbonyl (C=O) groups is 4. The van der Waals surface area contributed by atoms with E-state index in [-0.39, 0.29) is 72.0 Å². The second-order valence-corrected chi connectivity index (χ2v) is 23.2. The van der Waals surface area contributed by atoms with E-state index in [9.17, 15) is 29.5 Å². The highest BCUT2D eigenvalue weighted by molar-refractivity contribution is 7.13. The molecule has 1 aromatic heterocycles. The monoisotopic (exact) mass is 1040 g/mol. The Hall–Kier alpha value is -6.31. The Morgan fingerprint density at radius 2 is 1.70 bits per heavy atom. The van der Waals surface area contributed by atoms with E-state index in [1.807, 2.05) is 68.7 Å². The molecule has 16 heteroatoms. The topological polar surface area (TPSA) is 171 Å². The number of nitrogens with one attached hydrogen (secondary N) is 2. The molecule has 3 fully saturated rings. The van der Waals surface area contributed by atoms with Crippen molar-refractivity contribution in [2.24, 2.45) is 16.7 Å². The first-order valence-electron chi connectivity index (χ1n) is 25.8. The van der Waals surface area contributed by atoms with Gasteiger partial charge < -0.3 is 35.2 Å². The molecular weight excluding hydrogens is 972 g/mol. The minimum absolute atomic E-state index is 0.0236. The van der Waals surface area contributed by atoms with E-state index in [0.717, 1.165) is 78.5 Å². The maximum atomic E-state index is 14.4. The Bertz CT molecular complexity index is 2940. The number of likely N-dealkylation sites (tertiary alicyclic amines) is 1. The molecule has 1 saturated carbocycles. The van der Waals surface area contributed by atoms with Crippen LogP contribution in [-0.2, 0) is 29.1 Å². The third-order valence-electron chi connectivity index (χ3n) is 15.8. The molecule has 4 aliphatic rings. The van der Waals surface area contributed by atoms with Crippen LogP contribution in [0.25, 0.3) is 10.4 Å². The summed E-state index contributed by atoms with van der Waals surface area (Å²) >= 11 is 7.88. The molecular formula is C58H67ClN8O6S. The Balaban J connectivity index is 0.785. The second kappa shape index (κ2) is 21.5. The van der Waals surface area contributed by atoms with E-state index in [1.54, 1.807) is 40.5 Å². The molecule has 3 aliphatic heterocycles. The lowest BCUT2D eigenvalue weighted by molar-refractivity contribution is -0.164. The molecule has 0 spiro atoms. The van der Waals surface area contributed by atoms with Crippen molar-refractivity contribution in [1.82, 2.24) is 30.3 Å². The fraction of sp³-hybridized carbons (Fsp3) is 0.448. The number of aliphatic hydroxyl groups is 1. The number of hydrogen-bond donors (Lipinski definition) is 3. The van der Waals surface area contributed by atoms with Gasteiger partial charge in [-0.25, -0.2) is 4.98 Å². The molecule has 14 nitrogen and oxygen atoms in total. The van der Waals surface area contributed by atoms with E-state index in [0.29, 0.717) is 34.0 Å². The van der Waals surface area contributed by atoms with Crippen LogP contribution in [0.2, 0.25) is 5.02 Å². The van der Waals surface area contributed by atoms with Crippen LogP contribution in [0.3, 0.4) is 0 Å². The molecule has 4 amide bonds. The molecule has 0 unspecified atom stereocenters. The summed E-state index contributed by atoms with van der Waals surface area (Å²) in [6.45, 7) is 19.1. The van der Waals surface area contributed by atoms with E-state index in [1.165, 1.54) is 10.5 Å². The molecule has 74 heavy (non-hydrogen) atoms. The zero-order valence-electron chi connectivity index (χ0n) is 43.4. The Morgan fingerprint density at radius 3 is 2.36 bits per heavy atom. The number of piperazine rings is 1. The number of amides is 4. The lowest BCUT2D eigenvalue weighted by Gasteiger charge is -2.63. The number of ether oxygens (including phenoxy) is 1. The van der Waals surface area contributed by atoms with Crippen molar-refractivity contribution in [1.29, 1.82) is 5.26 Å². The van der Waals surface area contributed by atoms with Gasteiger partial charge in [0.05, 0.1) is 32.8 Å². The minimum atomic E-state index is -0.876. The lowest BCUT2D eigenvalue weighted by Crippen LogP contribution is -2.74. The zero-order valence-corrected chi connectivity index (χ0v) is 44.9. The van der Waals surface area contributed by atoms with E-state index in [2.05, 4.69) is 77.4 Å². The molecule has 3 N–H and O–H groups in total. The summed E-state index contributed by atoms with van der Waals surface area (Å²) in [5.41, 5.74) is 8.79. The number of thiazole rings is 1. The van der Waals surface area contributed by atoms with Crippen molar-refractivity contribution in [3.63, 3.8) is 0 Å². The number of anilines is 1. The third kappa shape index (κ3) is 10.5. The molecule has 4 aromatic carbocycles. The molecule has 3 atom stereocenters. The largest absolute Gasteiger partial charge is 0.489 e. The van der Waals surface area contributed by atoms with E-state index >= 15 is 0 Å². The standard InChI is InChI=1S/C58H67ClN8O6S/c1-35(2)49(67-32-42-12-8-9-13-45(42)53(67)71)54(72)66-33-43(68)28-48(66)52(70)61-31-41-19-18-39(50-36(3)62-34-74-50)27-47(41)65-25-23-64(24-26-65)22-10-11-37-14-16-38(17-15-37)51(69)63-55-57(4,5)56(58(55,6)7)73-44-21-20-40(30-60)46(59)29-44/h8-9,12-21,27,29,34-35,43,48-49,55-56,68H,10-11,22-26,28,31-33H2,1-7H3,(H,61,70)(H,63,69)/t43-,48+,49+,55-,56-/m1/s1. The summed E-state index contributed by atoms with van der Waals surface area (Å²) in [6.07, 6.45) is 0.914. The molecule has 4 heterocycles. The lowest BCUT2D eigenvalue weighted by atomic mass is 9.49. The Labute approximate surface area is 443 Å². The highest BCUT2D eigenvalue weighted by atomic mass is 35.5. The number of fused-ring (bicyclic) bond motifs is 1. The maximum absolute atomic E-state index is 14.4. The van der Waals surface area contributed by atoms with Crippen LogP contribution in [0, 0.1) is 35.0 Å². The van der Waals surface area contributed by atoms with Gasteiger partial charge in [-0.15, -0.1) is 11.3 Å². The maximum Gasteiger partial charge on any atom is 0.255 e. The average molecular weight is 1040 g/mol.